The van der Waals surface area contributed by atoms with Gasteiger partial charge in [0.15, 0.2) is 0 Å². The van der Waals surface area contributed by atoms with Crippen molar-refractivity contribution < 1.29 is 23.9 Å². The third kappa shape index (κ3) is 6.10. The summed E-state index contributed by atoms with van der Waals surface area (Å²) in [6, 6.07) is 5.61. The maximum absolute atomic E-state index is 12.5. The fraction of sp³-hybridized carbons (Fsp3) is 0.500. The molecule has 25 heavy (non-hydrogen) atoms. The van der Waals surface area contributed by atoms with Crippen molar-refractivity contribution in [2.75, 3.05) is 14.2 Å². The molecular formula is C18H26N2O5. The third-order valence-electron chi connectivity index (χ3n) is 3.73. The van der Waals surface area contributed by atoms with Gasteiger partial charge in [0.05, 0.1) is 14.2 Å². The highest BCUT2D eigenvalue weighted by atomic mass is 16.5. The fourth-order valence-corrected chi connectivity index (χ4v) is 2.44. The lowest BCUT2D eigenvalue weighted by Gasteiger charge is -2.24. The lowest BCUT2D eigenvalue weighted by Crippen LogP contribution is -2.54. The lowest BCUT2D eigenvalue weighted by molar-refractivity contribution is -0.145. The molecule has 0 aliphatic heterocycles. The highest BCUT2D eigenvalue weighted by Gasteiger charge is 2.29. The van der Waals surface area contributed by atoms with Gasteiger partial charge in [-0.3, -0.25) is 9.59 Å². The van der Waals surface area contributed by atoms with Gasteiger partial charge in [-0.25, -0.2) is 4.79 Å². The smallest absolute Gasteiger partial charge is 0.328 e. The van der Waals surface area contributed by atoms with Crippen LogP contribution in [0.5, 0.6) is 5.75 Å². The molecule has 0 saturated heterocycles. The normalized spacial score (nSPS) is 12.9. The number of carbonyl (C=O) groups is 3. The van der Waals surface area contributed by atoms with E-state index in [-0.39, 0.29) is 18.2 Å². The predicted molar refractivity (Wildman–Crippen MR) is 93.1 cm³/mol. The van der Waals surface area contributed by atoms with E-state index in [1.165, 1.54) is 21.1 Å². The first-order valence-electron chi connectivity index (χ1n) is 8.07. The van der Waals surface area contributed by atoms with E-state index in [9.17, 15) is 14.4 Å². The van der Waals surface area contributed by atoms with Crippen LogP contribution in [0.4, 0.5) is 0 Å². The van der Waals surface area contributed by atoms with Gasteiger partial charge in [0, 0.05) is 13.3 Å². The Morgan fingerprint density at radius 2 is 1.72 bits per heavy atom. The molecular weight excluding hydrogens is 324 g/mol. The molecule has 138 valence electrons. The van der Waals surface area contributed by atoms with Crippen molar-refractivity contribution >= 4 is 17.8 Å². The first-order chi connectivity index (χ1) is 11.8. The largest absolute Gasteiger partial charge is 0.496 e. The summed E-state index contributed by atoms with van der Waals surface area (Å²) in [6.45, 7) is 4.97. The Labute approximate surface area is 148 Å². The number of nitrogens with one attached hydrogen (secondary N) is 2. The van der Waals surface area contributed by atoms with E-state index < -0.39 is 24.0 Å². The number of hydrogen-bond donors (Lipinski definition) is 2. The molecule has 2 amide bonds. The van der Waals surface area contributed by atoms with E-state index in [0.29, 0.717) is 5.75 Å². The number of hydrogen-bond acceptors (Lipinski definition) is 5. The molecule has 0 aromatic heterocycles. The molecule has 0 heterocycles. The molecule has 1 aromatic carbocycles. The van der Waals surface area contributed by atoms with Crippen LogP contribution in [0, 0.1) is 5.92 Å². The zero-order valence-corrected chi connectivity index (χ0v) is 15.3. The number of para-hydroxylation sites is 1. The second-order valence-corrected chi connectivity index (χ2v) is 6.02. The number of esters is 1. The SMILES string of the molecule is COC(=O)[C@H](Cc1ccccc1OC)NC(=O)[C@H](NC(C)=O)C(C)C. The van der Waals surface area contributed by atoms with Crippen LogP contribution in [0.2, 0.25) is 0 Å². The van der Waals surface area contributed by atoms with Crippen LogP contribution in [0.3, 0.4) is 0 Å². The molecule has 0 radical (unpaired) electrons. The van der Waals surface area contributed by atoms with Crippen LogP contribution in [-0.2, 0) is 25.5 Å². The van der Waals surface area contributed by atoms with Crippen molar-refractivity contribution in [3.63, 3.8) is 0 Å². The predicted octanol–water partition coefficient (Wildman–Crippen LogP) is 1.06. The first-order valence-corrected chi connectivity index (χ1v) is 8.07. The van der Waals surface area contributed by atoms with Gasteiger partial charge < -0.3 is 20.1 Å². The highest BCUT2D eigenvalue weighted by Crippen LogP contribution is 2.19. The zero-order chi connectivity index (χ0) is 19.0. The molecule has 0 bridgehead atoms. The van der Waals surface area contributed by atoms with Crippen LogP contribution >= 0.6 is 0 Å². The summed E-state index contributed by atoms with van der Waals surface area (Å²) in [7, 11) is 2.80. The molecule has 1 rings (SSSR count). The van der Waals surface area contributed by atoms with Crippen molar-refractivity contribution in [3.05, 3.63) is 29.8 Å². The zero-order valence-electron chi connectivity index (χ0n) is 15.3. The first kappa shape index (κ1) is 20.5. The van der Waals surface area contributed by atoms with Crippen molar-refractivity contribution in [1.82, 2.24) is 10.6 Å². The molecule has 0 saturated carbocycles. The van der Waals surface area contributed by atoms with Gasteiger partial charge in [-0.1, -0.05) is 32.0 Å². The fourth-order valence-electron chi connectivity index (χ4n) is 2.44. The van der Waals surface area contributed by atoms with Crippen molar-refractivity contribution in [3.8, 4) is 5.75 Å². The van der Waals surface area contributed by atoms with E-state index in [0.717, 1.165) is 5.56 Å². The van der Waals surface area contributed by atoms with E-state index >= 15 is 0 Å². The van der Waals surface area contributed by atoms with Gasteiger partial charge in [-0.05, 0) is 17.5 Å². The van der Waals surface area contributed by atoms with Gasteiger partial charge in [0.25, 0.3) is 0 Å². The monoisotopic (exact) mass is 350 g/mol. The van der Waals surface area contributed by atoms with Gasteiger partial charge in [-0.2, -0.15) is 0 Å². The van der Waals surface area contributed by atoms with Gasteiger partial charge in [0.2, 0.25) is 11.8 Å². The van der Waals surface area contributed by atoms with Crippen LogP contribution in [0.25, 0.3) is 0 Å². The highest BCUT2D eigenvalue weighted by molar-refractivity contribution is 5.90. The van der Waals surface area contributed by atoms with Crippen molar-refractivity contribution in [2.24, 2.45) is 5.92 Å². The van der Waals surface area contributed by atoms with Crippen molar-refractivity contribution in [2.45, 2.75) is 39.3 Å². The number of benzene rings is 1. The molecule has 1 aromatic rings. The Morgan fingerprint density at radius 3 is 2.24 bits per heavy atom. The Bertz CT molecular complexity index is 615. The number of rotatable bonds is 8. The summed E-state index contributed by atoms with van der Waals surface area (Å²) in [4.78, 5) is 35.9. The van der Waals surface area contributed by atoms with Gasteiger partial charge >= 0.3 is 5.97 Å². The Kier molecular flexibility index (Phi) is 7.91. The van der Waals surface area contributed by atoms with Crippen LogP contribution < -0.4 is 15.4 Å². The van der Waals surface area contributed by atoms with Gasteiger partial charge in [0.1, 0.15) is 17.8 Å². The standard InChI is InChI=1S/C18H26N2O5/c1-11(2)16(19-12(3)21)17(22)20-14(18(23)25-5)10-13-8-6-7-9-15(13)24-4/h6-9,11,14,16H,10H2,1-5H3,(H,19,21)(H,20,22)/t14-,16+/m0/s1. The van der Waals surface area contributed by atoms with Crippen LogP contribution in [0.1, 0.15) is 26.3 Å². The average Bonchev–Trinajstić information content (AvgIpc) is 2.58. The van der Waals surface area contributed by atoms with Gasteiger partial charge in [-0.15, -0.1) is 0 Å². The molecule has 0 spiro atoms. The van der Waals surface area contributed by atoms with Crippen LogP contribution in [0.15, 0.2) is 24.3 Å². The summed E-state index contributed by atoms with van der Waals surface area (Å²) in [5.41, 5.74) is 0.765. The third-order valence-corrected chi connectivity index (χ3v) is 3.73. The molecule has 7 nitrogen and oxygen atoms in total. The summed E-state index contributed by atoms with van der Waals surface area (Å²) < 4.78 is 10.1. The summed E-state index contributed by atoms with van der Waals surface area (Å²) >= 11 is 0. The topological polar surface area (TPSA) is 93.7 Å². The maximum atomic E-state index is 12.5. The van der Waals surface area contributed by atoms with E-state index in [2.05, 4.69) is 10.6 Å². The molecule has 7 heteroatoms. The minimum Gasteiger partial charge on any atom is -0.496 e. The Morgan fingerprint density at radius 1 is 1.08 bits per heavy atom. The summed E-state index contributed by atoms with van der Waals surface area (Å²) in [5, 5.41) is 5.27. The quantitative estimate of drug-likeness (QED) is 0.684. The average molecular weight is 350 g/mol. The molecule has 0 fully saturated rings. The number of carbonyl (C=O) groups excluding carboxylic acids is 3. The summed E-state index contributed by atoms with van der Waals surface area (Å²) in [6.07, 6.45) is 0.216. The second kappa shape index (κ2) is 9.66. The second-order valence-electron chi connectivity index (χ2n) is 6.02. The number of amides is 2. The number of methoxy groups -OCH3 is 2. The van der Waals surface area contributed by atoms with Crippen LogP contribution in [-0.4, -0.2) is 44.1 Å². The molecule has 2 atom stereocenters. The van der Waals surface area contributed by atoms with E-state index in [4.69, 9.17) is 9.47 Å². The lowest BCUT2D eigenvalue weighted by atomic mass is 10.0. The van der Waals surface area contributed by atoms with E-state index in [1.54, 1.807) is 6.07 Å². The minimum absolute atomic E-state index is 0.131. The van der Waals surface area contributed by atoms with Crippen molar-refractivity contribution in [1.29, 1.82) is 0 Å². The van der Waals surface area contributed by atoms with E-state index in [1.807, 2.05) is 32.0 Å². The molecule has 0 aliphatic carbocycles. The number of ether oxygens (including phenoxy) is 2. The summed E-state index contributed by atoms with van der Waals surface area (Å²) in [5.74, 6) is -0.824. The maximum Gasteiger partial charge on any atom is 0.328 e. The Balaban J connectivity index is 2.97. The molecule has 0 aliphatic rings. The minimum atomic E-state index is -0.885. The Hall–Kier alpha value is -2.57. The molecule has 0 unspecified atom stereocenters. The molecule has 2 N–H and O–H groups in total.